The second-order valence-electron chi connectivity index (χ2n) is 6.37. The first-order valence-corrected chi connectivity index (χ1v) is 8.17. The standard InChI is InChI=1S/C15H25N3O3/c19-14(16-10-13-2-1-9-21-13)11-5-7-18(8-6-11)15(20)17-12-3-4-12/h11-13H,1-10H2,(H,16,19)(H,17,20). The molecule has 0 bridgehead atoms. The smallest absolute Gasteiger partial charge is 0.317 e. The fraction of sp³-hybridized carbons (Fsp3) is 0.867. The summed E-state index contributed by atoms with van der Waals surface area (Å²) in [6.07, 6.45) is 6.06. The highest BCUT2D eigenvalue weighted by molar-refractivity contribution is 5.79. The Kier molecular flexibility index (Phi) is 4.63. The molecule has 0 aromatic rings. The molecule has 6 heteroatoms. The summed E-state index contributed by atoms with van der Waals surface area (Å²) < 4.78 is 5.51. The van der Waals surface area contributed by atoms with Crippen molar-refractivity contribution in [3.05, 3.63) is 0 Å². The lowest BCUT2D eigenvalue weighted by Crippen LogP contribution is -2.47. The van der Waals surface area contributed by atoms with Gasteiger partial charge in [0.25, 0.3) is 0 Å². The van der Waals surface area contributed by atoms with Crippen LogP contribution < -0.4 is 10.6 Å². The topological polar surface area (TPSA) is 70.7 Å². The molecular weight excluding hydrogens is 270 g/mol. The number of ether oxygens (including phenoxy) is 1. The minimum absolute atomic E-state index is 0.0377. The van der Waals surface area contributed by atoms with Gasteiger partial charge >= 0.3 is 6.03 Å². The van der Waals surface area contributed by atoms with Gasteiger partial charge < -0.3 is 20.3 Å². The number of hydrogen-bond donors (Lipinski definition) is 2. The molecular formula is C15H25N3O3. The van der Waals surface area contributed by atoms with Gasteiger partial charge in [-0.1, -0.05) is 0 Å². The molecule has 1 atom stereocenters. The number of carbonyl (C=O) groups excluding carboxylic acids is 2. The fourth-order valence-corrected chi connectivity index (χ4v) is 3.00. The van der Waals surface area contributed by atoms with Gasteiger partial charge in [-0.15, -0.1) is 0 Å². The van der Waals surface area contributed by atoms with E-state index in [4.69, 9.17) is 4.74 Å². The molecule has 1 saturated carbocycles. The maximum atomic E-state index is 12.1. The summed E-state index contributed by atoms with van der Waals surface area (Å²) in [4.78, 5) is 25.9. The van der Waals surface area contributed by atoms with Gasteiger partial charge in [0, 0.05) is 38.2 Å². The predicted molar refractivity (Wildman–Crippen MR) is 77.8 cm³/mol. The van der Waals surface area contributed by atoms with Crippen molar-refractivity contribution >= 4 is 11.9 Å². The molecule has 2 aliphatic heterocycles. The molecule has 2 N–H and O–H groups in total. The molecule has 2 saturated heterocycles. The zero-order valence-electron chi connectivity index (χ0n) is 12.5. The molecule has 1 aliphatic carbocycles. The Balaban J connectivity index is 1.35. The van der Waals surface area contributed by atoms with E-state index in [1.807, 2.05) is 4.90 Å². The van der Waals surface area contributed by atoms with Crippen molar-refractivity contribution in [1.29, 1.82) is 0 Å². The molecule has 0 radical (unpaired) electrons. The van der Waals surface area contributed by atoms with Crippen molar-refractivity contribution in [2.75, 3.05) is 26.2 Å². The van der Waals surface area contributed by atoms with Crippen LogP contribution in [0, 0.1) is 5.92 Å². The Morgan fingerprint density at radius 1 is 1.10 bits per heavy atom. The van der Waals surface area contributed by atoms with Crippen molar-refractivity contribution in [3.63, 3.8) is 0 Å². The molecule has 21 heavy (non-hydrogen) atoms. The third kappa shape index (κ3) is 4.09. The molecule has 2 heterocycles. The highest BCUT2D eigenvalue weighted by Gasteiger charge is 2.30. The number of nitrogens with one attached hydrogen (secondary N) is 2. The zero-order valence-corrected chi connectivity index (χ0v) is 12.5. The van der Waals surface area contributed by atoms with Crippen molar-refractivity contribution in [2.24, 2.45) is 5.92 Å². The highest BCUT2D eigenvalue weighted by Crippen LogP contribution is 2.21. The molecule has 0 spiro atoms. The SMILES string of the molecule is O=C(NCC1CCCO1)C1CCN(C(=O)NC2CC2)CC1. The number of hydrogen-bond acceptors (Lipinski definition) is 3. The Hall–Kier alpha value is -1.30. The van der Waals surface area contributed by atoms with Crippen LogP contribution in [0.25, 0.3) is 0 Å². The summed E-state index contributed by atoms with van der Waals surface area (Å²) in [6.45, 7) is 2.80. The summed E-state index contributed by atoms with van der Waals surface area (Å²) in [5.74, 6) is 0.157. The quantitative estimate of drug-likeness (QED) is 0.808. The molecule has 3 fully saturated rings. The first-order valence-electron chi connectivity index (χ1n) is 8.17. The van der Waals surface area contributed by atoms with Gasteiger partial charge in [0.2, 0.25) is 5.91 Å². The number of amides is 3. The van der Waals surface area contributed by atoms with Crippen LogP contribution in [-0.4, -0.2) is 55.2 Å². The monoisotopic (exact) mass is 295 g/mol. The summed E-state index contributed by atoms with van der Waals surface area (Å²) >= 11 is 0. The molecule has 3 amide bonds. The second kappa shape index (κ2) is 6.64. The van der Waals surface area contributed by atoms with Crippen LogP contribution in [0.4, 0.5) is 4.79 Å². The van der Waals surface area contributed by atoms with Gasteiger partial charge in [0.05, 0.1) is 6.10 Å². The van der Waals surface area contributed by atoms with Gasteiger partial charge in [-0.05, 0) is 38.5 Å². The van der Waals surface area contributed by atoms with Gasteiger partial charge in [0.15, 0.2) is 0 Å². The molecule has 3 rings (SSSR count). The number of urea groups is 1. The van der Waals surface area contributed by atoms with E-state index in [9.17, 15) is 9.59 Å². The molecule has 3 aliphatic rings. The number of carbonyl (C=O) groups is 2. The van der Waals surface area contributed by atoms with Crippen molar-refractivity contribution in [2.45, 2.75) is 50.7 Å². The number of piperidine rings is 1. The Bertz CT molecular complexity index is 384. The van der Waals surface area contributed by atoms with Crippen molar-refractivity contribution in [1.82, 2.24) is 15.5 Å². The van der Waals surface area contributed by atoms with Crippen LogP contribution in [0.1, 0.15) is 38.5 Å². The average molecular weight is 295 g/mol. The number of nitrogens with zero attached hydrogens (tertiary/aromatic N) is 1. The van der Waals surface area contributed by atoms with E-state index in [0.29, 0.717) is 25.7 Å². The van der Waals surface area contributed by atoms with Gasteiger partial charge in [-0.2, -0.15) is 0 Å². The second-order valence-corrected chi connectivity index (χ2v) is 6.37. The average Bonchev–Trinajstić information content (AvgIpc) is 3.16. The summed E-state index contributed by atoms with van der Waals surface area (Å²) in [5.41, 5.74) is 0. The molecule has 1 unspecified atom stereocenters. The largest absolute Gasteiger partial charge is 0.376 e. The summed E-state index contributed by atoms with van der Waals surface area (Å²) in [6, 6.07) is 0.431. The first-order chi connectivity index (χ1) is 10.2. The third-order valence-corrected chi connectivity index (χ3v) is 4.59. The van der Waals surface area contributed by atoms with E-state index in [0.717, 1.165) is 45.1 Å². The minimum atomic E-state index is 0.0377. The molecule has 118 valence electrons. The van der Waals surface area contributed by atoms with Gasteiger partial charge in [-0.3, -0.25) is 4.79 Å². The van der Waals surface area contributed by atoms with E-state index < -0.39 is 0 Å². The number of likely N-dealkylation sites (tertiary alicyclic amines) is 1. The lowest BCUT2D eigenvalue weighted by molar-refractivity contribution is -0.126. The van der Waals surface area contributed by atoms with E-state index in [2.05, 4.69) is 10.6 Å². The highest BCUT2D eigenvalue weighted by atomic mass is 16.5. The summed E-state index contributed by atoms with van der Waals surface area (Å²) in [5, 5.41) is 6.00. The van der Waals surface area contributed by atoms with Gasteiger partial charge in [-0.25, -0.2) is 4.79 Å². The molecule has 0 aromatic carbocycles. The van der Waals surface area contributed by atoms with E-state index in [-0.39, 0.29) is 24.0 Å². The van der Waals surface area contributed by atoms with E-state index in [1.54, 1.807) is 0 Å². The Morgan fingerprint density at radius 3 is 2.48 bits per heavy atom. The lowest BCUT2D eigenvalue weighted by Gasteiger charge is -2.31. The van der Waals surface area contributed by atoms with E-state index >= 15 is 0 Å². The molecule has 6 nitrogen and oxygen atoms in total. The fourth-order valence-electron chi connectivity index (χ4n) is 3.00. The lowest BCUT2D eigenvalue weighted by atomic mass is 9.96. The van der Waals surface area contributed by atoms with Crippen LogP contribution in [0.3, 0.4) is 0 Å². The van der Waals surface area contributed by atoms with Crippen molar-refractivity contribution in [3.8, 4) is 0 Å². The van der Waals surface area contributed by atoms with Crippen LogP contribution in [0.5, 0.6) is 0 Å². The van der Waals surface area contributed by atoms with Crippen LogP contribution in [0.2, 0.25) is 0 Å². The summed E-state index contributed by atoms with van der Waals surface area (Å²) in [7, 11) is 0. The Morgan fingerprint density at radius 2 is 1.86 bits per heavy atom. The number of rotatable bonds is 4. The minimum Gasteiger partial charge on any atom is -0.376 e. The Labute approximate surface area is 125 Å². The zero-order chi connectivity index (χ0) is 14.7. The maximum absolute atomic E-state index is 12.1. The maximum Gasteiger partial charge on any atom is 0.317 e. The van der Waals surface area contributed by atoms with Crippen molar-refractivity contribution < 1.29 is 14.3 Å². The predicted octanol–water partition coefficient (Wildman–Crippen LogP) is 0.866. The van der Waals surface area contributed by atoms with Crippen LogP contribution in [-0.2, 0) is 9.53 Å². The van der Waals surface area contributed by atoms with Crippen LogP contribution in [0.15, 0.2) is 0 Å². The van der Waals surface area contributed by atoms with Gasteiger partial charge in [0.1, 0.15) is 0 Å². The van der Waals surface area contributed by atoms with E-state index in [1.165, 1.54) is 0 Å². The van der Waals surface area contributed by atoms with Crippen LogP contribution >= 0.6 is 0 Å². The first kappa shape index (κ1) is 14.6. The normalized spacial score (nSPS) is 26.7. The third-order valence-electron chi connectivity index (χ3n) is 4.59. The molecule has 0 aromatic heterocycles.